The minimum Gasteiger partial charge on any atom is -0.507 e. The van der Waals surface area contributed by atoms with Crippen LogP contribution in [0, 0.1) is 0 Å². The predicted molar refractivity (Wildman–Crippen MR) is 72.3 cm³/mol. The van der Waals surface area contributed by atoms with Gasteiger partial charge in [-0.05, 0) is 30.4 Å². The summed E-state index contributed by atoms with van der Waals surface area (Å²) >= 11 is 4.62. The zero-order valence-electron chi connectivity index (χ0n) is 10.2. The average molecular weight is 308 g/mol. The van der Waals surface area contributed by atoms with Gasteiger partial charge in [-0.3, -0.25) is 9.59 Å². The molecule has 0 aromatic heterocycles. The lowest BCUT2D eigenvalue weighted by molar-refractivity contribution is -0.131. The van der Waals surface area contributed by atoms with Crippen molar-refractivity contribution in [3.63, 3.8) is 0 Å². The lowest BCUT2D eigenvalue weighted by Crippen LogP contribution is -2.57. The summed E-state index contributed by atoms with van der Waals surface area (Å²) in [5, 5.41) is 29.7. The lowest BCUT2D eigenvalue weighted by atomic mass is 10.2. The Morgan fingerprint density at radius 2 is 1.86 bits per heavy atom. The monoisotopic (exact) mass is 308 g/mol. The number of nitrogens with one attached hydrogen (secondary N) is 2. The Hall–Kier alpha value is -2.88. The number of benzene rings is 1. The van der Waals surface area contributed by atoms with Crippen molar-refractivity contribution < 1.29 is 24.6 Å². The Kier molecular flexibility index (Phi) is 3.89. The summed E-state index contributed by atoms with van der Waals surface area (Å²) in [6.45, 7) is 0. The number of amides is 2. The molecular formula is C11H8N4O5S. The summed E-state index contributed by atoms with van der Waals surface area (Å²) in [5.74, 6) is -3.24. The van der Waals surface area contributed by atoms with Crippen LogP contribution in [0.4, 0.5) is 5.69 Å². The smallest absolute Gasteiger partial charge is 0.339 e. The predicted octanol–water partition coefficient (Wildman–Crippen LogP) is 0.0736. The SMILES string of the molecule is O=C(O)c1cc(N=NC2C(=O)NC(=S)NC2=O)ccc1O. The third-order valence-electron chi connectivity index (χ3n) is 2.47. The fraction of sp³-hybridized carbons (Fsp3) is 0.0909. The van der Waals surface area contributed by atoms with Crippen LogP contribution in [0.5, 0.6) is 5.75 Å². The van der Waals surface area contributed by atoms with Crippen LogP contribution < -0.4 is 10.6 Å². The van der Waals surface area contributed by atoms with Crippen LogP contribution in [0.25, 0.3) is 0 Å². The van der Waals surface area contributed by atoms with E-state index in [0.717, 1.165) is 12.1 Å². The molecule has 1 saturated heterocycles. The van der Waals surface area contributed by atoms with Crippen LogP contribution in [0.15, 0.2) is 28.4 Å². The van der Waals surface area contributed by atoms with Gasteiger partial charge in [-0.2, -0.15) is 10.2 Å². The first-order chi connectivity index (χ1) is 9.88. The number of aromatic carboxylic acids is 1. The molecule has 1 heterocycles. The topological polar surface area (TPSA) is 140 Å². The number of hydrogen-bond donors (Lipinski definition) is 4. The van der Waals surface area contributed by atoms with Gasteiger partial charge in [0.25, 0.3) is 11.8 Å². The van der Waals surface area contributed by atoms with Gasteiger partial charge >= 0.3 is 5.97 Å². The number of azo groups is 1. The summed E-state index contributed by atoms with van der Waals surface area (Å²) in [5.41, 5.74) is -0.302. The van der Waals surface area contributed by atoms with Crippen LogP contribution in [0.1, 0.15) is 10.4 Å². The van der Waals surface area contributed by atoms with E-state index in [2.05, 4.69) is 33.1 Å². The third-order valence-corrected chi connectivity index (χ3v) is 2.67. The lowest BCUT2D eigenvalue weighted by Gasteiger charge is -2.18. The maximum atomic E-state index is 11.5. The number of carboxylic acids is 1. The largest absolute Gasteiger partial charge is 0.507 e. The van der Waals surface area contributed by atoms with Crippen molar-refractivity contribution in [3.8, 4) is 5.75 Å². The summed E-state index contributed by atoms with van der Waals surface area (Å²) < 4.78 is 0. The number of hydrogen-bond acceptors (Lipinski definition) is 7. The first-order valence-electron chi connectivity index (χ1n) is 5.51. The van der Waals surface area contributed by atoms with Crippen molar-refractivity contribution in [3.05, 3.63) is 23.8 Å². The summed E-state index contributed by atoms with van der Waals surface area (Å²) in [6.07, 6.45) is 0. The second-order valence-corrected chi connectivity index (χ2v) is 4.34. The molecule has 0 bridgehead atoms. The van der Waals surface area contributed by atoms with E-state index < -0.39 is 29.6 Å². The highest BCUT2D eigenvalue weighted by Gasteiger charge is 2.32. The zero-order valence-corrected chi connectivity index (χ0v) is 11.0. The molecule has 1 aromatic rings. The zero-order chi connectivity index (χ0) is 15.6. The summed E-state index contributed by atoms with van der Waals surface area (Å²) in [6, 6.07) is 2.05. The van der Waals surface area contributed by atoms with Crippen molar-refractivity contribution in [2.75, 3.05) is 0 Å². The van der Waals surface area contributed by atoms with E-state index in [1.165, 1.54) is 6.07 Å². The molecule has 21 heavy (non-hydrogen) atoms. The molecule has 0 radical (unpaired) electrons. The molecule has 1 aliphatic rings. The second kappa shape index (κ2) is 5.63. The molecule has 2 amide bonds. The number of thiocarbonyl (C=S) groups is 1. The molecular weight excluding hydrogens is 300 g/mol. The minimum absolute atomic E-state index is 0.0685. The van der Waals surface area contributed by atoms with Gasteiger partial charge in [0.05, 0.1) is 5.69 Å². The van der Waals surface area contributed by atoms with Crippen LogP contribution >= 0.6 is 12.2 Å². The highest BCUT2D eigenvalue weighted by Crippen LogP contribution is 2.23. The Bertz CT molecular complexity index is 667. The number of phenols is 1. The molecule has 10 heteroatoms. The van der Waals surface area contributed by atoms with Crippen molar-refractivity contribution in [2.45, 2.75) is 6.04 Å². The molecule has 1 aromatic carbocycles. The molecule has 0 unspecified atom stereocenters. The highest BCUT2D eigenvalue weighted by atomic mass is 32.1. The Balaban J connectivity index is 2.23. The standard InChI is InChI=1S/C11H8N4O5S/c16-6-2-1-4(3-5(6)10(19)20)14-15-7-8(17)12-11(21)13-9(7)18/h1-3,7,16H,(H,19,20)(H2,12,13,17,18,21). The fourth-order valence-corrected chi connectivity index (χ4v) is 1.70. The van der Waals surface area contributed by atoms with Gasteiger partial charge in [0.1, 0.15) is 11.3 Å². The maximum absolute atomic E-state index is 11.5. The van der Waals surface area contributed by atoms with E-state index >= 15 is 0 Å². The van der Waals surface area contributed by atoms with Gasteiger partial charge in [-0.15, -0.1) is 0 Å². The van der Waals surface area contributed by atoms with Crippen molar-refractivity contribution in [1.82, 2.24) is 10.6 Å². The Morgan fingerprint density at radius 3 is 2.43 bits per heavy atom. The number of carboxylic acid groups (broad SMARTS) is 1. The normalized spacial score (nSPS) is 15.9. The van der Waals surface area contributed by atoms with Crippen LogP contribution in [0.3, 0.4) is 0 Å². The van der Waals surface area contributed by atoms with E-state index in [9.17, 15) is 19.5 Å². The van der Waals surface area contributed by atoms with Crippen LogP contribution in [0.2, 0.25) is 0 Å². The molecule has 0 saturated carbocycles. The van der Waals surface area contributed by atoms with Crippen LogP contribution in [-0.4, -0.2) is 39.2 Å². The fourth-order valence-electron chi connectivity index (χ4n) is 1.50. The quantitative estimate of drug-likeness (QED) is 0.354. The van der Waals surface area contributed by atoms with E-state index in [0.29, 0.717) is 0 Å². The number of aromatic hydroxyl groups is 1. The molecule has 4 N–H and O–H groups in total. The van der Waals surface area contributed by atoms with Gasteiger partial charge in [-0.1, -0.05) is 0 Å². The van der Waals surface area contributed by atoms with Gasteiger partial charge in [0.15, 0.2) is 5.11 Å². The minimum atomic E-state index is -1.42. The van der Waals surface area contributed by atoms with Crippen molar-refractivity contribution in [2.24, 2.45) is 10.2 Å². The average Bonchev–Trinajstić information content (AvgIpc) is 2.38. The van der Waals surface area contributed by atoms with Crippen molar-refractivity contribution >= 4 is 40.8 Å². The van der Waals surface area contributed by atoms with Gasteiger partial charge < -0.3 is 20.8 Å². The number of carbonyl (C=O) groups excluding carboxylic acids is 2. The molecule has 108 valence electrons. The molecule has 0 spiro atoms. The Morgan fingerprint density at radius 1 is 1.24 bits per heavy atom. The van der Waals surface area contributed by atoms with Gasteiger partial charge in [0.2, 0.25) is 6.04 Å². The van der Waals surface area contributed by atoms with Crippen LogP contribution in [-0.2, 0) is 9.59 Å². The van der Waals surface area contributed by atoms with Gasteiger partial charge in [-0.25, -0.2) is 4.79 Å². The van der Waals surface area contributed by atoms with E-state index in [1.54, 1.807) is 0 Å². The summed E-state index contributed by atoms with van der Waals surface area (Å²) in [7, 11) is 0. The molecule has 0 aliphatic carbocycles. The molecule has 1 fully saturated rings. The number of nitrogens with zero attached hydrogens (tertiary/aromatic N) is 2. The van der Waals surface area contributed by atoms with Crippen molar-refractivity contribution in [1.29, 1.82) is 0 Å². The van der Waals surface area contributed by atoms with E-state index in [1.807, 2.05) is 0 Å². The molecule has 1 aliphatic heterocycles. The molecule has 9 nitrogen and oxygen atoms in total. The van der Waals surface area contributed by atoms with Gasteiger partial charge in [0, 0.05) is 0 Å². The molecule has 2 rings (SSSR count). The first-order valence-corrected chi connectivity index (χ1v) is 5.92. The first kappa shape index (κ1) is 14.5. The number of carbonyl (C=O) groups is 3. The highest BCUT2D eigenvalue weighted by molar-refractivity contribution is 7.80. The summed E-state index contributed by atoms with van der Waals surface area (Å²) in [4.78, 5) is 33.9. The Labute approximate surface area is 122 Å². The number of rotatable bonds is 3. The van der Waals surface area contributed by atoms with E-state index in [4.69, 9.17) is 5.11 Å². The molecule has 0 atom stereocenters. The third kappa shape index (κ3) is 3.17. The van der Waals surface area contributed by atoms with E-state index in [-0.39, 0.29) is 16.4 Å². The maximum Gasteiger partial charge on any atom is 0.339 e. The second-order valence-electron chi connectivity index (χ2n) is 3.93.